The number of para-hydroxylation sites is 1. The Bertz CT molecular complexity index is 859. The van der Waals surface area contributed by atoms with Crippen molar-refractivity contribution in [1.29, 1.82) is 0 Å². The van der Waals surface area contributed by atoms with Crippen LogP contribution in [0.15, 0.2) is 58.2 Å². The zero-order valence-electron chi connectivity index (χ0n) is 14.6. The maximum Gasteiger partial charge on any atom is 0.267 e. The Kier molecular flexibility index (Phi) is 5.82. The lowest BCUT2D eigenvalue weighted by Crippen LogP contribution is -1.92. The number of benzene rings is 2. The number of rotatable bonds is 8. The van der Waals surface area contributed by atoms with Crippen LogP contribution >= 0.6 is 0 Å². The summed E-state index contributed by atoms with van der Waals surface area (Å²) in [5.41, 5.74) is 1.65. The second-order valence-corrected chi connectivity index (χ2v) is 5.22. The lowest BCUT2D eigenvalue weighted by molar-refractivity contribution is 0.107. The maximum atomic E-state index is 5.39. The summed E-state index contributed by atoms with van der Waals surface area (Å²) in [6.45, 7) is 2.66. The van der Waals surface area contributed by atoms with Gasteiger partial charge >= 0.3 is 0 Å². The molecule has 0 aliphatic carbocycles. The van der Waals surface area contributed by atoms with E-state index in [9.17, 15) is 0 Å². The fourth-order valence-corrected chi connectivity index (χ4v) is 2.26. The van der Waals surface area contributed by atoms with Crippen molar-refractivity contribution in [3.63, 3.8) is 0 Å². The minimum atomic E-state index is 0.0790. The topological polar surface area (TPSA) is 79.0 Å². The largest absolute Gasteiger partial charge is 0.496 e. The number of hydrogen-bond donors (Lipinski definition) is 0. The van der Waals surface area contributed by atoms with Crippen molar-refractivity contribution in [3.8, 4) is 22.9 Å². The number of aromatic nitrogens is 2. The average Bonchev–Trinajstić information content (AvgIpc) is 3.15. The van der Waals surface area contributed by atoms with Gasteiger partial charge in [-0.05, 0) is 48.9 Å². The van der Waals surface area contributed by atoms with E-state index in [0.29, 0.717) is 24.1 Å². The van der Waals surface area contributed by atoms with Gasteiger partial charge in [-0.15, -0.1) is 0 Å². The van der Waals surface area contributed by atoms with Crippen LogP contribution in [-0.2, 0) is 11.4 Å². The van der Waals surface area contributed by atoms with E-state index in [4.69, 9.17) is 18.8 Å². The number of oxime groups is 1. The minimum absolute atomic E-state index is 0.0790. The zero-order valence-corrected chi connectivity index (χ0v) is 14.6. The van der Waals surface area contributed by atoms with Crippen molar-refractivity contribution in [2.24, 2.45) is 5.16 Å². The molecule has 0 N–H and O–H groups in total. The van der Waals surface area contributed by atoms with Crippen LogP contribution in [0.2, 0.25) is 0 Å². The van der Waals surface area contributed by atoms with E-state index in [1.165, 1.54) is 0 Å². The van der Waals surface area contributed by atoms with Gasteiger partial charge in [0.15, 0.2) is 6.61 Å². The molecule has 0 aliphatic heterocycles. The molecule has 1 heterocycles. The van der Waals surface area contributed by atoms with Crippen molar-refractivity contribution in [2.45, 2.75) is 13.5 Å². The maximum absolute atomic E-state index is 5.39. The van der Waals surface area contributed by atoms with Crippen LogP contribution in [0.5, 0.6) is 11.5 Å². The summed E-state index contributed by atoms with van der Waals surface area (Å²) in [5.74, 6) is 2.26. The van der Waals surface area contributed by atoms with Gasteiger partial charge in [-0.1, -0.05) is 22.4 Å². The third-order valence-electron chi connectivity index (χ3n) is 3.47. The summed E-state index contributed by atoms with van der Waals surface area (Å²) in [6, 6.07) is 15.0. The molecule has 0 unspecified atom stereocenters. The molecule has 3 rings (SSSR count). The molecular formula is C19H19N3O4. The first kappa shape index (κ1) is 17.5. The monoisotopic (exact) mass is 353 g/mol. The molecule has 2 aromatic carbocycles. The minimum Gasteiger partial charge on any atom is -0.496 e. The number of nitrogens with zero attached hydrogens (tertiary/aromatic N) is 3. The van der Waals surface area contributed by atoms with Gasteiger partial charge < -0.3 is 18.8 Å². The second-order valence-electron chi connectivity index (χ2n) is 5.22. The van der Waals surface area contributed by atoms with Gasteiger partial charge in [0.2, 0.25) is 5.82 Å². The smallest absolute Gasteiger partial charge is 0.267 e. The standard InChI is InChI=1S/C19H19N3O4/c1-3-24-15-10-8-14(9-11-15)12-20-25-13-18-21-19(22-26-18)16-6-4-5-7-17(16)23-2/h4-12H,3,13H2,1-2H3/b20-12-. The highest BCUT2D eigenvalue weighted by atomic mass is 16.6. The molecular weight excluding hydrogens is 334 g/mol. The Morgan fingerprint density at radius 3 is 2.69 bits per heavy atom. The molecule has 3 aromatic rings. The summed E-state index contributed by atoms with van der Waals surface area (Å²) in [6.07, 6.45) is 1.60. The quantitative estimate of drug-likeness (QED) is 0.454. The van der Waals surface area contributed by atoms with Gasteiger partial charge in [-0.2, -0.15) is 4.98 Å². The first-order valence-electron chi connectivity index (χ1n) is 8.14. The summed E-state index contributed by atoms with van der Waals surface area (Å²) in [4.78, 5) is 9.51. The number of hydrogen-bond acceptors (Lipinski definition) is 7. The van der Waals surface area contributed by atoms with Crippen molar-refractivity contribution in [3.05, 3.63) is 60.0 Å². The highest BCUT2D eigenvalue weighted by Gasteiger charge is 2.12. The molecule has 0 saturated carbocycles. The van der Waals surface area contributed by atoms with Gasteiger partial charge in [0.25, 0.3) is 5.89 Å². The van der Waals surface area contributed by atoms with Crippen LogP contribution < -0.4 is 9.47 Å². The SMILES string of the molecule is CCOc1ccc(/C=N\OCc2nc(-c3ccccc3OC)no2)cc1. The molecule has 0 saturated heterocycles. The van der Waals surface area contributed by atoms with E-state index in [0.717, 1.165) is 16.9 Å². The molecule has 1 aromatic heterocycles. The normalized spacial score (nSPS) is 10.8. The Morgan fingerprint density at radius 2 is 1.92 bits per heavy atom. The van der Waals surface area contributed by atoms with E-state index in [1.807, 2.05) is 55.5 Å². The Morgan fingerprint density at radius 1 is 1.12 bits per heavy atom. The molecule has 0 bridgehead atoms. The lowest BCUT2D eigenvalue weighted by Gasteiger charge is -2.03. The summed E-state index contributed by atoms with van der Waals surface area (Å²) < 4.78 is 15.9. The average molecular weight is 353 g/mol. The molecule has 7 heteroatoms. The molecule has 0 spiro atoms. The first-order chi connectivity index (χ1) is 12.8. The van der Waals surface area contributed by atoms with E-state index >= 15 is 0 Å². The number of ether oxygens (including phenoxy) is 2. The van der Waals surface area contributed by atoms with Crippen LogP contribution in [0, 0.1) is 0 Å². The molecule has 0 radical (unpaired) electrons. The second kappa shape index (κ2) is 8.66. The van der Waals surface area contributed by atoms with Crippen molar-refractivity contribution >= 4 is 6.21 Å². The van der Waals surface area contributed by atoms with Gasteiger partial charge in [-0.3, -0.25) is 0 Å². The summed E-state index contributed by atoms with van der Waals surface area (Å²) in [5, 5.41) is 7.86. The van der Waals surface area contributed by atoms with E-state index in [1.54, 1.807) is 13.3 Å². The molecule has 26 heavy (non-hydrogen) atoms. The fraction of sp³-hybridized carbons (Fsp3) is 0.211. The molecule has 0 atom stereocenters. The lowest BCUT2D eigenvalue weighted by atomic mass is 10.2. The fourth-order valence-electron chi connectivity index (χ4n) is 2.26. The van der Waals surface area contributed by atoms with Crippen LogP contribution in [0.25, 0.3) is 11.4 Å². The van der Waals surface area contributed by atoms with Crippen molar-refractivity contribution in [2.75, 3.05) is 13.7 Å². The van der Waals surface area contributed by atoms with E-state index in [2.05, 4.69) is 15.3 Å². The third kappa shape index (κ3) is 4.38. The van der Waals surface area contributed by atoms with Crippen LogP contribution in [0.3, 0.4) is 0 Å². The summed E-state index contributed by atoms with van der Waals surface area (Å²) >= 11 is 0. The predicted molar refractivity (Wildman–Crippen MR) is 96.3 cm³/mol. The van der Waals surface area contributed by atoms with Gasteiger partial charge in [0.1, 0.15) is 11.5 Å². The van der Waals surface area contributed by atoms with Gasteiger partial charge in [-0.25, -0.2) is 0 Å². The van der Waals surface area contributed by atoms with Crippen molar-refractivity contribution in [1.82, 2.24) is 10.1 Å². The highest BCUT2D eigenvalue weighted by molar-refractivity contribution is 5.79. The third-order valence-corrected chi connectivity index (χ3v) is 3.47. The Balaban J connectivity index is 1.56. The summed E-state index contributed by atoms with van der Waals surface area (Å²) in [7, 11) is 1.60. The molecule has 0 aliphatic rings. The van der Waals surface area contributed by atoms with Crippen molar-refractivity contribution < 1.29 is 18.8 Å². The molecule has 134 valence electrons. The van der Waals surface area contributed by atoms with Crippen LogP contribution in [0.4, 0.5) is 0 Å². The first-order valence-corrected chi connectivity index (χ1v) is 8.14. The van der Waals surface area contributed by atoms with Gasteiger partial charge in [0, 0.05) is 0 Å². The zero-order chi connectivity index (χ0) is 18.2. The molecule has 7 nitrogen and oxygen atoms in total. The predicted octanol–water partition coefficient (Wildman–Crippen LogP) is 3.69. The highest BCUT2D eigenvalue weighted by Crippen LogP contribution is 2.27. The van der Waals surface area contributed by atoms with E-state index < -0.39 is 0 Å². The molecule has 0 amide bonds. The molecule has 0 fully saturated rings. The van der Waals surface area contributed by atoms with Gasteiger partial charge in [0.05, 0.1) is 25.5 Å². The van der Waals surface area contributed by atoms with Crippen LogP contribution in [-0.4, -0.2) is 30.1 Å². The number of methoxy groups -OCH3 is 1. The Labute approximate surface area is 151 Å². The van der Waals surface area contributed by atoms with E-state index in [-0.39, 0.29) is 6.61 Å². The van der Waals surface area contributed by atoms with Crippen LogP contribution in [0.1, 0.15) is 18.4 Å². The Hall–Kier alpha value is -3.35.